The number of sulfonamides is 1. The standard InChI is InChI=1S/C14H18ClNO6S/c1-4-22-14(19)9-5-10(15)7-11(6-9)23(20,21)16-12(8(2)3)13(17)18/h5-8,12,16H,4H2,1-3H3,(H,17,18)/t12-/m0/s1. The third-order valence-corrected chi connectivity index (χ3v) is 4.55. The molecule has 0 aliphatic carbocycles. The van der Waals surface area contributed by atoms with Crippen molar-refractivity contribution in [3.8, 4) is 0 Å². The summed E-state index contributed by atoms with van der Waals surface area (Å²) >= 11 is 5.85. The van der Waals surface area contributed by atoms with Crippen molar-refractivity contribution in [3.63, 3.8) is 0 Å². The van der Waals surface area contributed by atoms with Crippen LogP contribution in [0.5, 0.6) is 0 Å². The second-order valence-corrected chi connectivity index (χ2v) is 7.23. The molecule has 0 radical (unpaired) electrons. The molecule has 0 aromatic heterocycles. The maximum atomic E-state index is 12.4. The lowest BCUT2D eigenvalue weighted by atomic mass is 10.1. The first-order valence-electron chi connectivity index (χ1n) is 6.81. The molecule has 0 aliphatic rings. The van der Waals surface area contributed by atoms with Crippen LogP contribution in [-0.4, -0.2) is 38.1 Å². The normalized spacial score (nSPS) is 12.9. The number of carbonyl (C=O) groups excluding carboxylic acids is 1. The van der Waals surface area contributed by atoms with Crippen molar-refractivity contribution in [1.82, 2.24) is 4.72 Å². The van der Waals surface area contributed by atoms with Gasteiger partial charge in [0, 0.05) is 5.02 Å². The van der Waals surface area contributed by atoms with Crippen molar-refractivity contribution in [2.24, 2.45) is 5.92 Å². The molecule has 0 fully saturated rings. The molecule has 0 heterocycles. The van der Waals surface area contributed by atoms with E-state index in [2.05, 4.69) is 4.72 Å². The summed E-state index contributed by atoms with van der Waals surface area (Å²) in [4.78, 5) is 22.6. The summed E-state index contributed by atoms with van der Waals surface area (Å²) in [5.41, 5.74) is -0.0313. The fourth-order valence-corrected chi connectivity index (χ4v) is 3.46. The number of halogens is 1. The molecule has 128 valence electrons. The summed E-state index contributed by atoms with van der Waals surface area (Å²) in [6.07, 6.45) is 0. The van der Waals surface area contributed by atoms with Crippen molar-refractivity contribution in [2.45, 2.75) is 31.7 Å². The summed E-state index contributed by atoms with van der Waals surface area (Å²) in [7, 11) is -4.17. The Hall–Kier alpha value is -1.64. The molecule has 7 nitrogen and oxygen atoms in total. The highest BCUT2D eigenvalue weighted by molar-refractivity contribution is 7.89. The number of esters is 1. The SMILES string of the molecule is CCOC(=O)c1cc(Cl)cc(S(=O)(=O)N[C@H](C(=O)O)C(C)C)c1. The molecule has 1 atom stereocenters. The van der Waals surface area contributed by atoms with Crippen LogP contribution in [0.25, 0.3) is 0 Å². The zero-order chi connectivity index (χ0) is 17.8. The smallest absolute Gasteiger partial charge is 0.338 e. The minimum atomic E-state index is -4.17. The Bertz CT molecular complexity index is 701. The minimum Gasteiger partial charge on any atom is -0.480 e. The Morgan fingerprint density at radius 3 is 2.39 bits per heavy atom. The Morgan fingerprint density at radius 2 is 1.91 bits per heavy atom. The second kappa shape index (κ2) is 7.76. The van der Waals surface area contributed by atoms with Gasteiger partial charge in [0.05, 0.1) is 17.1 Å². The third kappa shape index (κ3) is 5.19. The molecule has 0 spiro atoms. The average molecular weight is 364 g/mol. The van der Waals surface area contributed by atoms with Gasteiger partial charge in [-0.1, -0.05) is 25.4 Å². The van der Waals surface area contributed by atoms with E-state index in [-0.39, 0.29) is 22.1 Å². The molecule has 1 rings (SSSR count). The highest BCUT2D eigenvalue weighted by atomic mass is 35.5. The average Bonchev–Trinajstić information content (AvgIpc) is 2.43. The fraction of sp³-hybridized carbons (Fsp3) is 0.429. The van der Waals surface area contributed by atoms with Crippen LogP contribution in [0.3, 0.4) is 0 Å². The van der Waals surface area contributed by atoms with Crippen molar-refractivity contribution in [2.75, 3.05) is 6.61 Å². The summed E-state index contributed by atoms with van der Waals surface area (Å²) < 4.78 is 31.6. The molecule has 1 aromatic rings. The van der Waals surface area contributed by atoms with Crippen LogP contribution in [0.1, 0.15) is 31.1 Å². The molecule has 0 saturated heterocycles. The van der Waals surface area contributed by atoms with Gasteiger partial charge in [-0.3, -0.25) is 4.79 Å². The zero-order valence-electron chi connectivity index (χ0n) is 12.9. The predicted molar refractivity (Wildman–Crippen MR) is 84.0 cm³/mol. The number of carbonyl (C=O) groups is 2. The molecule has 0 bridgehead atoms. The van der Waals surface area contributed by atoms with Gasteiger partial charge >= 0.3 is 11.9 Å². The lowest BCUT2D eigenvalue weighted by molar-refractivity contribution is -0.140. The van der Waals surface area contributed by atoms with Crippen molar-refractivity contribution in [3.05, 3.63) is 28.8 Å². The molecule has 0 unspecified atom stereocenters. The molecule has 0 aliphatic heterocycles. The van der Waals surface area contributed by atoms with E-state index in [1.165, 1.54) is 6.07 Å². The highest BCUT2D eigenvalue weighted by Crippen LogP contribution is 2.20. The lowest BCUT2D eigenvalue weighted by Crippen LogP contribution is -2.44. The van der Waals surface area contributed by atoms with Gasteiger partial charge in [-0.05, 0) is 31.0 Å². The van der Waals surface area contributed by atoms with E-state index in [1.807, 2.05) is 0 Å². The van der Waals surface area contributed by atoms with Crippen LogP contribution in [0.4, 0.5) is 0 Å². The number of ether oxygens (including phenoxy) is 1. The van der Waals surface area contributed by atoms with Gasteiger partial charge in [-0.15, -0.1) is 0 Å². The van der Waals surface area contributed by atoms with Gasteiger partial charge in [-0.2, -0.15) is 4.72 Å². The largest absolute Gasteiger partial charge is 0.480 e. The lowest BCUT2D eigenvalue weighted by Gasteiger charge is -2.18. The third-order valence-electron chi connectivity index (χ3n) is 2.91. The van der Waals surface area contributed by atoms with Crippen LogP contribution < -0.4 is 4.72 Å². The molecule has 0 saturated carbocycles. The number of rotatable bonds is 7. The molecule has 23 heavy (non-hydrogen) atoms. The van der Waals surface area contributed by atoms with Gasteiger partial charge in [0.2, 0.25) is 10.0 Å². The number of carboxylic acid groups (broad SMARTS) is 1. The van der Waals surface area contributed by atoms with Gasteiger partial charge in [0.1, 0.15) is 6.04 Å². The van der Waals surface area contributed by atoms with E-state index < -0.39 is 33.9 Å². The molecule has 2 N–H and O–H groups in total. The summed E-state index contributed by atoms with van der Waals surface area (Å²) in [6, 6.07) is 2.19. The Labute approximate surface area is 139 Å². The predicted octanol–water partition coefficient (Wildman–Crippen LogP) is 1.90. The van der Waals surface area contributed by atoms with Gasteiger partial charge in [0.15, 0.2) is 0 Å². The monoisotopic (exact) mass is 363 g/mol. The Kier molecular flexibility index (Phi) is 6.55. The van der Waals surface area contributed by atoms with Crippen molar-refractivity contribution >= 4 is 33.6 Å². The van der Waals surface area contributed by atoms with Crippen LogP contribution in [-0.2, 0) is 19.6 Å². The van der Waals surface area contributed by atoms with E-state index in [0.29, 0.717) is 0 Å². The maximum Gasteiger partial charge on any atom is 0.338 e. The number of hydrogen-bond donors (Lipinski definition) is 2. The molecular weight excluding hydrogens is 346 g/mol. The van der Waals surface area contributed by atoms with E-state index in [0.717, 1.165) is 12.1 Å². The second-order valence-electron chi connectivity index (χ2n) is 5.08. The number of benzene rings is 1. The van der Waals surface area contributed by atoms with E-state index in [4.69, 9.17) is 21.4 Å². The Balaban J connectivity index is 3.23. The van der Waals surface area contributed by atoms with Crippen LogP contribution >= 0.6 is 11.6 Å². The number of hydrogen-bond acceptors (Lipinski definition) is 5. The van der Waals surface area contributed by atoms with Crippen LogP contribution in [0.2, 0.25) is 5.02 Å². The zero-order valence-corrected chi connectivity index (χ0v) is 14.4. The quantitative estimate of drug-likeness (QED) is 0.716. The first kappa shape index (κ1) is 19.4. The van der Waals surface area contributed by atoms with E-state index >= 15 is 0 Å². The molecule has 1 aromatic carbocycles. The fourth-order valence-electron chi connectivity index (χ4n) is 1.76. The first-order valence-corrected chi connectivity index (χ1v) is 8.67. The first-order chi connectivity index (χ1) is 10.6. The minimum absolute atomic E-state index is 0.0207. The number of aliphatic carboxylic acids is 1. The number of carboxylic acids is 1. The topological polar surface area (TPSA) is 110 Å². The molecular formula is C14H18ClNO6S. The maximum absolute atomic E-state index is 12.4. The van der Waals surface area contributed by atoms with Crippen molar-refractivity contribution in [1.29, 1.82) is 0 Å². The highest BCUT2D eigenvalue weighted by Gasteiger charge is 2.28. The Morgan fingerprint density at radius 1 is 1.30 bits per heavy atom. The van der Waals surface area contributed by atoms with Gasteiger partial charge in [0.25, 0.3) is 0 Å². The van der Waals surface area contributed by atoms with E-state index in [9.17, 15) is 18.0 Å². The van der Waals surface area contributed by atoms with Crippen molar-refractivity contribution < 1.29 is 27.9 Å². The summed E-state index contributed by atoms with van der Waals surface area (Å²) in [5, 5.41) is 9.11. The van der Waals surface area contributed by atoms with Crippen LogP contribution in [0.15, 0.2) is 23.1 Å². The van der Waals surface area contributed by atoms with E-state index in [1.54, 1.807) is 20.8 Å². The van der Waals surface area contributed by atoms with Gasteiger partial charge in [-0.25, -0.2) is 13.2 Å². The summed E-state index contributed by atoms with van der Waals surface area (Å²) in [5.74, 6) is -2.48. The van der Waals surface area contributed by atoms with Gasteiger partial charge < -0.3 is 9.84 Å². The number of nitrogens with one attached hydrogen (secondary N) is 1. The molecule has 9 heteroatoms. The summed E-state index contributed by atoms with van der Waals surface area (Å²) in [6.45, 7) is 4.88. The van der Waals surface area contributed by atoms with Crippen LogP contribution in [0, 0.1) is 5.92 Å². The molecule has 0 amide bonds.